The number of hydrogen-bond donors (Lipinski definition) is 1. The van der Waals surface area contributed by atoms with Crippen molar-refractivity contribution in [3.8, 4) is 5.75 Å². The van der Waals surface area contributed by atoms with Gasteiger partial charge in [0.2, 0.25) is 11.8 Å². The molecule has 0 aliphatic carbocycles. The molecule has 2 saturated heterocycles. The van der Waals surface area contributed by atoms with Gasteiger partial charge in [0.25, 0.3) is 5.91 Å². The van der Waals surface area contributed by atoms with Crippen molar-refractivity contribution < 1.29 is 24.2 Å². The van der Waals surface area contributed by atoms with E-state index in [4.69, 9.17) is 16.3 Å². The topological polar surface area (TPSA) is 90.4 Å². The van der Waals surface area contributed by atoms with Crippen LogP contribution in [0.3, 0.4) is 0 Å². The number of carbonyl (C=O) groups is 3. The average molecular weight is 580 g/mol. The largest absolute Gasteiger partial charge is 0.494 e. The van der Waals surface area contributed by atoms with Crippen LogP contribution in [-0.4, -0.2) is 76.6 Å². The number of aliphatic hydroxyl groups is 1. The smallest absolute Gasteiger partial charge is 0.251 e. The molecule has 2 fully saturated rings. The van der Waals surface area contributed by atoms with E-state index >= 15 is 0 Å². The van der Waals surface area contributed by atoms with Gasteiger partial charge in [-0.05, 0) is 55.5 Å². The van der Waals surface area contributed by atoms with Gasteiger partial charge in [-0.1, -0.05) is 35.9 Å². The van der Waals surface area contributed by atoms with Gasteiger partial charge in [0.1, 0.15) is 11.8 Å². The molecule has 4 heterocycles. The minimum absolute atomic E-state index is 0.0143. The maximum atomic E-state index is 14.2. The number of rotatable bonds is 6. The van der Waals surface area contributed by atoms with Crippen molar-refractivity contribution in [2.24, 2.45) is 11.8 Å². The number of aliphatic hydroxyl groups excluding tert-OH is 1. The summed E-state index contributed by atoms with van der Waals surface area (Å²) in [5, 5.41) is 10.2. The molecular weight excluding hydrogens is 550 g/mol. The Bertz CT molecular complexity index is 1380. The van der Waals surface area contributed by atoms with Gasteiger partial charge in [0.05, 0.1) is 29.8 Å². The summed E-state index contributed by atoms with van der Waals surface area (Å²) in [4.78, 5) is 47.4. The number of likely N-dealkylation sites (tertiary alicyclic amines) is 1. The van der Waals surface area contributed by atoms with Crippen molar-refractivity contribution >= 4 is 52.5 Å². The lowest BCUT2D eigenvalue weighted by atomic mass is 9.78. The first kappa shape index (κ1) is 26.9. The third kappa shape index (κ3) is 4.22. The number of β-amino-alcohol motifs (C(OH)–C–C–N with tert-alkyl or cyclic N) is 1. The molecule has 0 bridgehead atoms. The summed E-state index contributed by atoms with van der Waals surface area (Å²) in [7, 11) is 0. The molecule has 10 heteroatoms. The molecule has 1 spiro atoms. The van der Waals surface area contributed by atoms with Gasteiger partial charge in [-0.2, -0.15) is 0 Å². The summed E-state index contributed by atoms with van der Waals surface area (Å²) in [6, 6.07) is 13.5. The normalized spacial score (nSPS) is 29.3. The summed E-state index contributed by atoms with van der Waals surface area (Å²) in [5.74, 6) is -1.34. The van der Waals surface area contributed by atoms with Crippen molar-refractivity contribution in [2.75, 3.05) is 42.6 Å². The number of fused-ring (bicyclic) bond motifs is 2. The van der Waals surface area contributed by atoms with Crippen molar-refractivity contribution in [2.45, 2.75) is 23.0 Å². The van der Waals surface area contributed by atoms with Gasteiger partial charge < -0.3 is 24.5 Å². The minimum Gasteiger partial charge on any atom is -0.494 e. The quantitative estimate of drug-likeness (QED) is 0.527. The second kappa shape index (κ2) is 10.6. The van der Waals surface area contributed by atoms with Crippen LogP contribution in [-0.2, 0) is 14.4 Å². The van der Waals surface area contributed by atoms with E-state index in [2.05, 4.69) is 0 Å². The van der Waals surface area contributed by atoms with Gasteiger partial charge in [-0.15, -0.1) is 11.8 Å². The van der Waals surface area contributed by atoms with Crippen molar-refractivity contribution in [1.29, 1.82) is 0 Å². The minimum atomic E-state index is -0.943. The molecule has 0 aromatic heterocycles. The molecule has 8 nitrogen and oxygen atoms in total. The van der Waals surface area contributed by atoms with Crippen LogP contribution >= 0.6 is 23.4 Å². The van der Waals surface area contributed by atoms with Gasteiger partial charge in [-0.25, -0.2) is 0 Å². The van der Waals surface area contributed by atoms with Gasteiger partial charge >= 0.3 is 0 Å². The number of hydrogen-bond acceptors (Lipinski definition) is 6. The molecule has 1 N–H and O–H groups in total. The zero-order valence-corrected chi connectivity index (χ0v) is 23.6. The fourth-order valence-corrected chi connectivity index (χ4v) is 8.59. The number of amides is 3. The molecule has 4 aliphatic rings. The van der Waals surface area contributed by atoms with Crippen LogP contribution in [0.4, 0.5) is 11.4 Å². The van der Waals surface area contributed by atoms with Crippen LogP contribution in [0.25, 0.3) is 0 Å². The number of ether oxygens (including phenoxy) is 1. The first-order valence-corrected chi connectivity index (χ1v) is 14.7. The summed E-state index contributed by atoms with van der Waals surface area (Å²) in [6.45, 7) is 2.90. The van der Waals surface area contributed by atoms with Crippen molar-refractivity contribution in [1.82, 2.24) is 4.90 Å². The summed E-state index contributed by atoms with van der Waals surface area (Å²) in [6.07, 6.45) is 7.87. The first-order chi connectivity index (χ1) is 19.4. The van der Waals surface area contributed by atoms with E-state index in [0.717, 1.165) is 11.4 Å². The molecule has 208 valence electrons. The van der Waals surface area contributed by atoms with E-state index in [9.17, 15) is 19.5 Å². The number of carbonyl (C=O) groups excluding carboxylic acids is 3. The summed E-state index contributed by atoms with van der Waals surface area (Å²) < 4.78 is 4.62. The SMILES string of the molecule is CCOc1ccc(N2CC=C[C@@H]3S[C@]45C=CCN(c6ccc(Cl)cc6)C(=O)C4N(CCO)C(=O)[C@@H]5[C@@H]3C2=O)cc1. The molecule has 4 aliphatic heterocycles. The van der Waals surface area contributed by atoms with E-state index in [1.54, 1.807) is 34.1 Å². The second-order valence-electron chi connectivity index (χ2n) is 10.2. The Kier molecular flexibility index (Phi) is 7.14. The Labute approximate surface area is 242 Å². The van der Waals surface area contributed by atoms with Crippen LogP contribution in [0, 0.1) is 11.8 Å². The molecule has 6 rings (SSSR count). The van der Waals surface area contributed by atoms with Crippen LogP contribution in [0.15, 0.2) is 72.8 Å². The maximum Gasteiger partial charge on any atom is 0.251 e. The highest BCUT2D eigenvalue weighted by Crippen LogP contribution is 2.61. The Hall–Kier alpha value is -3.27. The molecule has 5 atom stereocenters. The number of thioether (sulfide) groups is 1. The number of anilines is 2. The van der Waals surface area contributed by atoms with Gasteiger partial charge in [0, 0.05) is 41.3 Å². The fraction of sp³-hybridized carbons (Fsp3) is 0.367. The first-order valence-electron chi connectivity index (χ1n) is 13.4. The van der Waals surface area contributed by atoms with Crippen molar-refractivity contribution in [3.05, 3.63) is 77.9 Å². The van der Waals surface area contributed by atoms with Crippen LogP contribution in [0.1, 0.15) is 6.92 Å². The molecule has 40 heavy (non-hydrogen) atoms. The van der Waals surface area contributed by atoms with Crippen molar-refractivity contribution in [3.63, 3.8) is 0 Å². The molecule has 0 radical (unpaired) electrons. The molecule has 2 aromatic carbocycles. The summed E-state index contributed by atoms with van der Waals surface area (Å²) >= 11 is 7.60. The monoisotopic (exact) mass is 579 g/mol. The fourth-order valence-electron chi connectivity index (χ4n) is 6.46. The Morgan fingerprint density at radius 3 is 2.27 bits per heavy atom. The Morgan fingerprint density at radius 1 is 0.950 bits per heavy atom. The zero-order valence-electron chi connectivity index (χ0n) is 22.0. The van der Waals surface area contributed by atoms with Crippen LogP contribution < -0.4 is 14.5 Å². The molecule has 2 aromatic rings. The molecule has 1 unspecified atom stereocenters. The predicted molar refractivity (Wildman–Crippen MR) is 156 cm³/mol. The van der Waals surface area contributed by atoms with E-state index in [0.29, 0.717) is 30.4 Å². The number of halogens is 1. The second-order valence-corrected chi connectivity index (χ2v) is 12.2. The highest BCUT2D eigenvalue weighted by atomic mass is 35.5. The molecule has 3 amide bonds. The van der Waals surface area contributed by atoms with Gasteiger partial charge in [0.15, 0.2) is 0 Å². The highest BCUT2D eigenvalue weighted by molar-refractivity contribution is 8.02. The number of benzene rings is 2. The Balaban J connectivity index is 1.39. The van der Waals surface area contributed by atoms with Crippen LogP contribution in [0.2, 0.25) is 5.02 Å². The predicted octanol–water partition coefficient (Wildman–Crippen LogP) is 3.53. The highest BCUT2D eigenvalue weighted by Gasteiger charge is 2.71. The van der Waals surface area contributed by atoms with E-state index in [1.807, 2.05) is 55.5 Å². The lowest BCUT2D eigenvalue weighted by molar-refractivity contribution is -0.139. The maximum absolute atomic E-state index is 14.2. The number of nitrogens with zero attached hydrogens (tertiary/aromatic N) is 3. The summed E-state index contributed by atoms with van der Waals surface area (Å²) in [5.41, 5.74) is 1.39. The third-order valence-electron chi connectivity index (χ3n) is 8.10. The zero-order chi connectivity index (χ0) is 28.0. The lowest BCUT2D eigenvalue weighted by Gasteiger charge is -2.35. The molecule has 0 saturated carbocycles. The average Bonchev–Trinajstić information content (AvgIpc) is 3.25. The van der Waals surface area contributed by atoms with E-state index < -0.39 is 22.6 Å². The van der Waals surface area contributed by atoms with Gasteiger partial charge in [-0.3, -0.25) is 14.4 Å². The Morgan fingerprint density at radius 2 is 1.60 bits per heavy atom. The van der Waals surface area contributed by atoms with E-state index in [-0.39, 0.29) is 36.1 Å². The third-order valence-corrected chi connectivity index (χ3v) is 10.1. The lowest BCUT2D eigenvalue weighted by Crippen LogP contribution is -2.53. The molecular formula is C30H30ClN3O5S. The standard InChI is InChI=1S/C30H30ClN3O5S/c1-2-39-22-12-10-21(11-13-22)32-15-3-5-23-24(27(32)36)25-28(37)34(17-18-35)26-29(38)33(16-4-14-30(25,26)40-23)20-8-6-19(31)7-9-20/h3-14,23-26,35H,2,15-18H2,1H3/t23-,24+,25-,26?,30-/m0/s1. The van der Waals surface area contributed by atoms with E-state index in [1.165, 1.54) is 16.7 Å². The van der Waals surface area contributed by atoms with Crippen LogP contribution in [0.5, 0.6) is 5.75 Å².